The zero-order valence-corrected chi connectivity index (χ0v) is 12.6. The van der Waals surface area contributed by atoms with Crippen molar-refractivity contribution in [1.29, 1.82) is 0 Å². The van der Waals surface area contributed by atoms with E-state index in [9.17, 15) is 0 Å². The zero-order chi connectivity index (χ0) is 15.5. The first kappa shape index (κ1) is 14.4. The molecule has 0 amide bonds. The van der Waals surface area contributed by atoms with E-state index in [1.165, 1.54) is 7.11 Å². The Kier molecular flexibility index (Phi) is 4.00. The summed E-state index contributed by atoms with van der Waals surface area (Å²) in [6, 6.07) is 2.03. The van der Waals surface area contributed by atoms with E-state index < -0.39 is 0 Å². The lowest BCUT2D eigenvalue weighted by Gasteiger charge is -2.32. The molecule has 1 aliphatic rings. The van der Waals surface area contributed by atoms with Crippen LogP contribution in [-0.4, -0.2) is 64.1 Å². The standard InChI is InChI=1S/C12H17N7O3/c1-18-11(15-16-17-18)8-7-19(4-5-22-8)9-6-10(20-2)14-12(13-9)21-3/h6,8H,4-5,7H2,1-3H3. The fourth-order valence-corrected chi connectivity index (χ4v) is 2.27. The molecule has 0 saturated carbocycles. The van der Waals surface area contributed by atoms with Crippen molar-refractivity contribution < 1.29 is 14.2 Å². The normalized spacial score (nSPS) is 18.3. The van der Waals surface area contributed by atoms with Gasteiger partial charge in [-0.2, -0.15) is 9.97 Å². The lowest BCUT2D eigenvalue weighted by molar-refractivity contribution is 0.0313. The Labute approximate surface area is 127 Å². The Bertz CT molecular complexity index is 625. The molecule has 0 aromatic carbocycles. The van der Waals surface area contributed by atoms with Crippen LogP contribution in [-0.2, 0) is 11.8 Å². The van der Waals surface area contributed by atoms with Crippen LogP contribution in [0, 0.1) is 0 Å². The van der Waals surface area contributed by atoms with Crippen LogP contribution in [0.1, 0.15) is 11.9 Å². The Morgan fingerprint density at radius 1 is 1.27 bits per heavy atom. The van der Waals surface area contributed by atoms with Gasteiger partial charge < -0.3 is 19.1 Å². The number of nitrogens with zero attached hydrogens (tertiary/aromatic N) is 7. The summed E-state index contributed by atoms with van der Waals surface area (Å²) in [5.74, 6) is 1.84. The summed E-state index contributed by atoms with van der Waals surface area (Å²) in [4.78, 5) is 10.5. The molecule has 0 aliphatic carbocycles. The van der Waals surface area contributed by atoms with Crippen LogP contribution in [0.5, 0.6) is 11.9 Å². The quantitative estimate of drug-likeness (QED) is 0.746. The van der Waals surface area contributed by atoms with E-state index >= 15 is 0 Å². The van der Waals surface area contributed by atoms with Gasteiger partial charge in [0.25, 0.3) is 0 Å². The molecule has 0 radical (unpaired) electrons. The molecule has 10 heteroatoms. The van der Waals surface area contributed by atoms with Gasteiger partial charge in [-0.25, -0.2) is 4.68 Å². The summed E-state index contributed by atoms with van der Waals surface area (Å²) in [5, 5.41) is 11.5. The minimum absolute atomic E-state index is 0.222. The summed E-state index contributed by atoms with van der Waals surface area (Å²) in [7, 11) is 4.86. The predicted octanol–water partition coefficient (Wildman–Crippen LogP) is -0.405. The monoisotopic (exact) mass is 307 g/mol. The third-order valence-corrected chi connectivity index (χ3v) is 3.39. The predicted molar refractivity (Wildman–Crippen MR) is 74.8 cm³/mol. The van der Waals surface area contributed by atoms with Gasteiger partial charge in [0.05, 0.1) is 27.4 Å². The Morgan fingerprint density at radius 2 is 2.14 bits per heavy atom. The van der Waals surface area contributed by atoms with Gasteiger partial charge in [-0.3, -0.25) is 0 Å². The molecule has 3 heterocycles. The highest BCUT2D eigenvalue weighted by Crippen LogP contribution is 2.26. The number of anilines is 1. The summed E-state index contributed by atoms with van der Waals surface area (Å²) in [6.45, 7) is 1.83. The van der Waals surface area contributed by atoms with Gasteiger partial charge in [-0.1, -0.05) is 0 Å². The SMILES string of the molecule is COc1cc(N2CCOC(c3nnnn3C)C2)nc(OC)n1. The molecule has 1 aliphatic heterocycles. The van der Waals surface area contributed by atoms with Gasteiger partial charge in [0, 0.05) is 19.7 Å². The summed E-state index contributed by atoms with van der Waals surface area (Å²) in [6.07, 6.45) is -0.222. The van der Waals surface area contributed by atoms with Gasteiger partial charge in [0.1, 0.15) is 11.9 Å². The smallest absolute Gasteiger partial charge is 0.321 e. The summed E-state index contributed by atoms with van der Waals surface area (Å²) < 4.78 is 17.7. The highest BCUT2D eigenvalue weighted by molar-refractivity contribution is 5.43. The van der Waals surface area contributed by atoms with Crippen LogP contribution in [0.15, 0.2) is 6.07 Å². The van der Waals surface area contributed by atoms with Gasteiger partial charge in [-0.15, -0.1) is 5.10 Å². The third-order valence-electron chi connectivity index (χ3n) is 3.39. The zero-order valence-electron chi connectivity index (χ0n) is 12.6. The maximum atomic E-state index is 5.76. The molecule has 10 nitrogen and oxygen atoms in total. The molecule has 22 heavy (non-hydrogen) atoms. The molecule has 0 N–H and O–H groups in total. The van der Waals surface area contributed by atoms with E-state index in [4.69, 9.17) is 14.2 Å². The van der Waals surface area contributed by atoms with Crippen molar-refractivity contribution in [2.24, 2.45) is 7.05 Å². The third kappa shape index (κ3) is 2.77. The van der Waals surface area contributed by atoms with Crippen molar-refractivity contribution in [3.05, 3.63) is 11.9 Å². The average molecular weight is 307 g/mol. The maximum Gasteiger partial charge on any atom is 0.321 e. The van der Waals surface area contributed by atoms with E-state index in [2.05, 4.69) is 30.4 Å². The van der Waals surface area contributed by atoms with Crippen LogP contribution in [0.2, 0.25) is 0 Å². The van der Waals surface area contributed by atoms with Crippen molar-refractivity contribution in [2.75, 3.05) is 38.8 Å². The van der Waals surface area contributed by atoms with Gasteiger partial charge in [-0.05, 0) is 10.4 Å². The van der Waals surface area contributed by atoms with E-state index in [1.807, 2.05) is 0 Å². The van der Waals surface area contributed by atoms with E-state index in [0.717, 1.165) is 0 Å². The molecular weight excluding hydrogens is 290 g/mol. The number of rotatable bonds is 4. The molecule has 1 saturated heterocycles. The summed E-state index contributed by atoms with van der Waals surface area (Å²) >= 11 is 0. The number of morpholine rings is 1. The van der Waals surface area contributed by atoms with Gasteiger partial charge in [0.15, 0.2) is 5.82 Å². The summed E-state index contributed by atoms with van der Waals surface area (Å²) in [5.41, 5.74) is 0. The van der Waals surface area contributed by atoms with Crippen LogP contribution in [0.4, 0.5) is 5.82 Å². The molecule has 0 bridgehead atoms. The number of hydrogen-bond acceptors (Lipinski definition) is 9. The number of tetrazole rings is 1. The average Bonchev–Trinajstić information content (AvgIpc) is 3.00. The van der Waals surface area contributed by atoms with Crippen molar-refractivity contribution >= 4 is 5.82 Å². The fraction of sp³-hybridized carbons (Fsp3) is 0.583. The molecule has 1 atom stereocenters. The first-order chi connectivity index (χ1) is 10.7. The maximum absolute atomic E-state index is 5.76. The highest BCUT2D eigenvalue weighted by Gasteiger charge is 2.27. The topological polar surface area (TPSA) is 100 Å². The minimum atomic E-state index is -0.222. The molecular formula is C12H17N7O3. The molecule has 0 spiro atoms. The van der Waals surface area contributed by atoms with Crippen molar-refractivity contribution in [1.82, 2.24) is 30.2 Å². The second kappa shape index (κ2) is 6.10. The molecule has 118 valence electrons. The minimum Gasteiger partial charge on any atom is -0.481 e. The second-order valence-electron chi connectivity index (χ2n) is 4.72. The van der Waals surface area contributed by atoms with E-state index in [-0.39, 0.29) is 12.1 Å². The number of aryl methyl sites for hydroxylation is 1. The molecule has 3 rings (SSSR count). The molecule has 2 aromatic rings. The Hall–Kier alpha value is -2.49. The fourth-order valence-electron chi connectivity index (χ4n) is 2.27. The second-order valence-corrected chi connectivity index (χ2v) is 4.72. The van der Waals surface area contributed by atoms with Crippen LogP contribution in [0.3, 0.4) is 0 Å². The number of ether oxygens (including phenoxy) is 3. The molecule has 1 fully saturated rings. The number of aromatic nitrogens is 6. The van der Waals surface area contributed by atoms with Gasteiger partial charge in [0.2, 0.25) is 5.88 Å². The van der Waals surface area contributed by atoms with Crippen molar-refractivity contribution in [2.45, 2.75) is 6.10 Å². The van der Waals surface area contributed by atoms with Crippen LogP contribution >= 0.6 is 0 Å². The first-order valence-corrected chi connectivity index (χ1v) is 6.77. The number of hydrogen-bond donors (Lipinski definition) is 0. The molecule has 2 aromatic heterocycles. The van der Waals surface area contributed by atoms with Crippen molar-refractivity contribution in [3.63, 3.8) is 0 Å². The van der Waals surface area contributed by atoms with Gasteiger partial charge >= 0.3 is 6.01 Å². The van der Waals surface area contributed by atoms with Crippen LogP contribution < -0.4 is 14.4 Å². The van der Waals surface area contributed by atoms with E-state index in [1.54, 1.807) is 24.9 Å². The Morgan fingerprint density at radius 3 is 2.82 bits per heavy atom. The number of methoxy groups -OCH3 is 2. The van der Waals surface area contributed by atoms with Crippen LogP contribution in [0.25, 0.3) is 0 Å². The molecule has 1 unspecified atom stereocenters. The Balaban J connectivity index is 1.84. The highest BCUT2D eigenvalue weighted by atomic mass is 16.5. The van der Waals surface area contributed by atoms with Crippen molar-refractivity contribution in [3.8, 4) is 11.9 Å². The largest absolute Gasteiger partial charge is 0.481 e. The lowest BCUT2D eigenvalue weighted by atomic mass is 10.2. The van der Waals surface area contributed by atoms with E-state index in [0.29, 0.717) is 37.2 Å². The lowest BCUT2D eigenvalue weighted by Crippen LogP contribution is -2.39. The first-order valence-electron chi connectivity index (χ1n) is 6.77.